The lowest BCUT2D eigenvalue weighted by atomic mass is 9.89. The van der Waals surface area contributed by atoms with Gasteiger partial charge in [-0.3, -0.25) is 0 Å². The zero-order chi connectivity index (χ0) is 16.6. The first-order valence-corrected chi connectivity index (χ1v) is 10.6. The highest BCUT2D eigenvalue weighted by Crippen LogP contribution is 2.29. The lowest BCUT2D eigenvalue weighted by Gasteiger charge is -2.30. The Bertz CT molecular complexity index is 220. The number of hydrogen-bond acceptors (Lipinski definition) is 2. The van der Waals surface area contributed by atoms with Crippen molar-refractivity contribution in [3.63, 3.8) is 0 Å². The Morgan fingerprint density at radius 3 is 1.61 bits per heavy atom. The summed E-state index contributed by atoms with van der Waals surface area (Å²) in [6, 6.07) is 0. The van der Waals surface area contributed by atoms with Crippen molar-refractivity contribution in [3.05, 3.63) is 0 Å². The van der Waals surface area contributed by atoms with Gasteiger partial charge in [-0.15, -0.1) is 0 Å². The smallest absolute Gasteiger partial charge is 0.160 e. The van der Waals surface area contributed by atoms with Gasteiger partial charge in [-0.05, 0) is 25.7 Å². The third kappa shape index (κ3) is 11.2. The van der Waals surface area contributed by atoms with Crippen LogP contribution in [0.5, 0.6) is 0 Å². The predicted molar refractivity (Wildman–Crippen MR) is 99.8 cm³/mol. The standard InChI is InChI=1S/C21H42O2/c1-3-5-7-9-14-18-22-21(20-16-12-11-13-17-20)23-19-15-10-8-6-4-2/h20-21H,3-19H2,1-2H3. The number of unbranched alkanes of at least 4 members (excludes halogenated alkanes) is 8. The molecule has 0 aromatic carbocycles. The average molecular weight is 327 g/mol. The van der Waals surface area contributed by atoms with E-state index in [0.717, 1.165) is 13.2 Å². The van der Waals surface area contributed by atoms with Gasteiger partial charge in [-0.25, -0.2) is 0 Å². The van der Waals surface area contributed by atoms with Crippen LogP contribution in [-0.4, -0.2) is 19.5 Å². The second-order valence-electron chi connectivity index (χ2n) is 7.34. The lowest BCUT2D eigenvalue weighted by molar-refractivity contribution is -0.179. The molecule has 2 nitrogen and oxygen atoms in total. The molecular formula is C21H42O2. The Kier molecular flexibility index (Phi) is 14.1. The summed E-state index contributed by atoms with van der Waals surface area (Å²) in [6.45, 7) is 6.31. The van der Waals surface area contributed by atoms with Crippen molar-refractivity contribution in [2.45, 2.75) is 116 Å². The van der Waals surface area contributed by atoms with Crippen LogP contribution in [0.15, 0.2) is 0 Å². The second kappa shape index (κ2) is 15.4. The van der Waals surface area contributed by atoms with Crippen molar-refractivity contribution >= 4 is 0 Å². The molecule has 1 aliphatic rings. The zero-order valence-electron chi connectivity index (χ0n) is 16.0. The highest BCUT2D eigenvalue weighted by molar-refractivity contribution is 4.69. The van der Waals surface area contributed by atoms with Crippen molar-refractivity contribution in [2.75, 3.05) is 13.2 Å². The molecule has 1 rings (SSSR count). The van der Waals surface area contributed by atoms with E-state index in [2.05, 4.69) is 13.8 Å². The maximum absolute atomic E-state index is 6.17. The molecule has 0 aromatic rings. The molecule has 0 bridgehead atoms. The molecule has 23 heavy (non-hydrogen) atoms. The largest absolute Gasteiger partial charge is 0.352 e. The monoisotopic (exact) mass is 326 g/mol. The van der Waals surface area contributed by atoms with Crippen LogP contribution < -0.4 is 0 Å². The Labute approximate surface area is 145 Å². The fourth-order valence-electron chi connectivity index (χ4n) is 3.54. The summed E-state index contributed by atoms with van der Waals surface area (Å²) in [4.78, 5) is 0. The van der Waals surface area contributed by atoms with E-state index in [1.807, 2.05) is 0 Å². The molecule has 0 N–H and O–H groups in total. The van der Waals surface area contributed by atoms with Gasteiger partial charge in [0, 0.05) is 19.1 Å². The van der Waals surface area contributed by atoms with Gasteiger partial charge in [0.15, 0.2) is 6.29 Å². The van der Waals surface area contributed by atoms with Gasteiger partial charge in [-0.1, -0.05) is 84.5 Å². The van der Waals surface area contributed by atoms with Crippen LogP contribution in [-0.2, 0) is 9.47 Å². The molecule has 0 aromatic heterocycles. The third-order valence-corrected chi connectivity index (χ3v) is 5.09. The summed E-state index contributed by atoms with van der Waals surface area (Å²) in [6.07, 6.45) is 19.9. The molecule has 0 atom stereocenters. The van der Waals surface area contributed by atoms with Crippen molar-refractivity contribution in [1.82, 2.24) is 0 Å². The normalized spacial score (nSPS) is 16.3. The molecule has 0 heterocycles. The first kappa shape index (κ1) is 21.0. The molecule has 138 valence electrons. The third-order valence-electron chi connectivity index (χ3n) is 5.09. The van der Waals surface area contributed by atoms with E-state index in [1.54, 1.807) is 0 Å². The van der Waals surface area contributed by atoms with E-state index in [0.29, 0.717) is 5.92 Å². The minimum Gasteiger partial charge on any atom is -0.352 e. The Morgan fingerprint density at radius 1 is 0.652 bits per heavy atom. The molecular weight excluding hydrogens is 284 g/mol. The Morgan fingerprint density at radius 2 is 1.13 bits per heavy atom. The van der Waals surface area contributed by atoms with E-state index in [-0.39, 0.29) is 6.29 Å². The number of ether oxygens (including phenoxy) is 2. The molecule has 0 amide bonds. The zero-order valence-corrected chi connectivity index (χ0v) is 16.0. The summed E-state index contributed by atoms with van der Waals surface area (Å²) in [7, 11) is 0. The van der Waals surface area contributed by atoms with Gasteiger partial charge in [0.1, 0.15) is 0 Å². The van der Waals surface area contributed by atoms with Crippen LogP contribution in [0.1, 0.15) is 110 Å². The second-order valence-corrected chi connectivity index (χ2v) is 7.34. The van der Waals surface area contributed by atoms with Crippen LogP contribution in [0.3, 0.4) is 0 Å². The van der Waals surface area contributed by atoms with Gasteiger partial charge >= 0.3 is 0 Å². The minimum atomic E-state index is 0.0765. The number of rotatable bonds is 15. The van der Waals surface area contributed by atoms with Gasteiger partial charge in [0.05, 0.1) is 0 Å². The summed E-state index contributed by atoms with van der Waals surface area (Å²) in [5.41, 5.74) is 0. The molecule has 2 heteroatoms. The molecule has 0 saturated heterocycles. The summed E-state index contributed by atoms with van der Waals surface area (Å²) in [5, 5.41) is 0. The fourth-order valence-corrected chi connectivity index (χ4v) is 3.54. The van der Waals surface area contributed by atoms with Crippen LogP contribution in [0.2, 0.25) is 0 Å². The van der Waals surface area contributed by atoms with Crippen LogP contribution in [0, 0.1) is 5.92 Å². The van der Waals surface area contributed by atoms with Gasteiger partial charge in [-0.2, -0.15) is 0 Å². The lowest BCUT2D eigenvalue weighted by Crippen LogP contribution is -2.29. The van der Waals surface area contributed by atoms with E-state index in [1.165, 1.54) is 96.3 Å². The van der Waals surface area contributed by atoms with Crippen LogP contribution in [0.4, 0.5) is 0 Å². The summed E-state index contributed by atoms with van der Waals surface area (Å²) < 4.78 is 12.3. The van der Waals surface area contributed by atoms with Crippen LogP contribution >= 0.6 is 0 Å². The maximum atomic E-state index is 6.17. The number of hydrogen-bond donors (Lipinski definition) is 0. The fraction of sp³-hybridized carbons (Fsp3) is 1.00. The highest BCUT2D eigenvalue weighted by atomic mass is 16.7. The minimum absolute atomic E-state index is 0.0765. The molecule has 1 saturated carbocycles. The SMILES string of the molecule is CCCCCCCOC(OCCCCCCC)C1CCCCC1. The van der Waals surface area contributed by atoms with E-state index < -0.39 is 0 Å². The molecule has 1 aliphatic carbocycles. The summed E-state index contributed by atoms with van der Waals surface area (Å²) >= 11 is 0. The van der Waals surface area contributed by atoms with Gasteiger partial charge < -0.3 is 9.47 Å². The van der Waals surface area contributed by atoms with Crippen molar-refractivity contribution in [1.29, 1.82) is 0 Å². The van der Waals surface area contributed by atoms with E-state index in [4.69, 9.17) is 9.47 Å². The molecule has 0 unspecified atom stereocenters. The molecule has 0 radical (unpaired) electrons. The first-order valence-electron chi connectivity index (χ1n) is 10.6. The molecule has 0 aliphatic heterocycles. The van der Waals surface area contributed by atoms with Crippen molar-refractivity contribution in [2.24, 2.45) is 5.92 Å². The van der Waals surface area contributed by atoms with Crippen LogP contribution in [0.25, 0.3) is 0 Å². The quantitative estimate of drug-likeness (QED) is 0.241. The Hall–Kier alpha value is -0.0800. The molecule has 1 fully saturated rings. The maximum Gasteiger partial charge on any atom is 0.160 e. The Balaban J connectivity index is 2.17. The van der Waals surface area contributed by atoms with Gasteiger partial charge in [0.25, 0.3) is 0 Å². The first-order chi connectivity index (χ1) is 11.4. The highest BCUT2D eigenvalue weighted by Gasteiger charge is 2.24. The topological polar surface area (TPSA) is 18.5 Å². The average Bonchev–Trinajstić information content (AvgIpc) is 2.60. The van der Waals surface area contributed by atoms with Crippen molar-refractivity contribution in [3.8, 4) is 0 Å². The molecule has 0 spiro atoms. The van der Waals surface area contributed by atoms with E-state index >= 15 is 0 Å². The van der Waals surface area contributed by atoms with Gasteiger partial charge in [0.2, 0.25) is 0 Å². The summed E-state index contributed by atoms with van der Waals surface area (Å²) in [5.74, 6) is 0.648. The predicted octanol–water partition coefficient (Wildman–Crippen LogP) is 6.87. The van der Waals surface area contributed by atoms with E-state index in [9.17, 15) is 0 Å². The van der Waals surface area contributed by atoms with Crippen molar-refractivity contribution < 1.29 is 9.47 Å².